The van der Waals surface area contributed by atoms with E-state index in [4.69, 9.17) is 10.5 Å². The van der Waals surface area contributed by atoms with Gasteiger partial charge in [-0.3, -0.25) is 4.98 Å². The second kappa shape index (κ2) is 2.60. The molecule has 1 aromatic rings. The predicted octanol–water partition coefficient (Wildman–Crippen LogP) is 0.612. The minimum atomic E-state index is 0.00690. The number of aromatic nitrogens is 1. The van der Waals surface area contributed by atoms with Crippen LogP contribution < -0.4 is 5.73 Å². The lowest BCUT2D eigenvalue weighted by Gasteiger charge is -2.20. The fraction of sp³-hybridized carbons (Fsp3) is 0.375. The van der Waals surface area contributed by atoms with Crippen molar-refractivity contribution in [1.29, 1.82) is 0 Å². The summed E-state index contributed by atoms with van der Waals surface area (Å²) >= 11 is 0. The van der Waals surface area contributed by atoms with Crippen molar-refractivity contribution in [2.45, 2.75) is 12.6 Å². The summed E-state index contributed by atoms with van der Waals surface area (Å²) in [5.74, 6) is 0. The average Bonchev–Trinajstić information content (AvgIpc) is 2.06. The van der Waals surface area contributed by atoms with E-state index < -0.39 is 0 Å². The molecule has 0 radical (unpaired) electrons. The van der Waals surface area contributed by atoms with Crippen LogP contribution >= 0.6 is 0 Å². The molecular weight excluding hydrogens is 140 g/mol. The van der Waals surface area contributed by atoms with Crippen molar-refractivity contribution in [3.63, 3.8) is 0 Å². The van der Waals surface area contributed by atoms with Gasteiger partial charge in [0, 0.05) is 6.20 Å². The van der Waals surface area contributed by atoms with E-state index in [2.05, 4.69) is 4.98 Å². The van der Waals surface area contributed by atoms with Crippen molar-refractivity contribution in [3.8, 4) is 0 Å². The Balaban J connectivity index is 2.44. The van der Waals surface area contributed by atoms with Crippen molar-refractivity contribution in [3.05, 3.63) is 29.6 Å². The van der Waals surface area contributed by atoms with Crippen LogP contribution in [0.1, 0.15) is 17.3 Å². The van der Waals surface area contributed by atoms with Gasteiger partial charge >= 0.3 is 0 Å². The molecule has 0 spiro atoms. The highest BCUT2D eigenvalue weighted by molar-refractivity contribution is 5.24. The van der Waals surface area contributed by atoms with Crippen LogP contribution in [-0.4, -0.2) is 11.6 Å². The molecule has 0 aromatic carbocycles. The Morgan fingerprint density at radius 2 is 2.55 bits per heavy atom. The lowest BCUT2D eigenvalue weighted by atomic mass is 10.1. The molecule has 1 aliphatic heterocycles. The summed E-state index contributed by atoms with van der Waals surface area (Å²) in [6, 6.07) is 3.92. The standard InChI is InChI=1S/C8H10N2O/c9-7-4-11-5-8-6(7)2-1-3-10-8/h1-3,7H,4-5,9H2. The van der Waals surface area contributed by atoms with E-state index in [1.807, 2.05) is 12.1 Å². The zero-order valence-electron chi connectivity index (χ0n) is 6.16. The van der Waals surface area contributed by atoms with Crippen LogP contribution in [0.4, 0.5) is 0 Å². The smallest absolute Gasteiger partial charge is 0.0892 e. The quantitative estimate of drug-likeness (QED) is 0.589. The van der Waals surface area contributed by atoms with Crippen LogP contribution in [0.15, 0.2) is 18.3 Å². The first-order valence-electron chi connectivity index (χ1n) is 3.65. The summed E-state index contributed by atoms with van der Waals surface area (Å²) in [6.45, 7) is 1.21. The van der Waals surface area contributed by atoms with Crippen LogP contribution in [0.2, 0.25) is 0 Å². The molecule has 0 amide bonds. The Hall–Kier alpha value is -0.930. The summed E-state index contributed by atoms with van der Waals surface area (Å²) in [6.07, 6.45) is 1.76. The van der Waals surface area contributed by atoms with E-state index in [1.54, 1.807) is 6.20 Å². The fourth-order valence-corrected chi connectivity index (χ4v) is 1.28. The zero-order chi connectivity index (χ0) is 7.68. The van der Waals surface area contributed by atoms with Gasteiger partial charge < -0.3 is 10.5 Å². The monoisotopic (exact) mass is 150 g/mol. The first kappa shape index (κ1) is 6.76. The third kappa shape index (κ3) is 1.13. The van der Waals surface area contributed by atoms with E-state index in [-0.39, 0.29) is 6.04 Å². The van der Waals surface area contributed by atoms with Crippen molar-refractivity contribution in [1.82, 2.24) is 4.98 Å². The first-order valence-corrected chi connectivity index (χ1v) is 3.65. The minimum Gasteiger partial charge on any atom is -0.373 e. The van der Waals surface area contributed by atoms with Crippen LogP contribution in [0, 0.1) is 0 Å². The number of rotatable bonds is 0. The number of hydrogen-bond donors (Lipinski definition) is 1. The van der Waals surface area contributed by atoms with Gasteiger partial charge in [0.25, 0.3) is 0 Å². The van der Waals surface area contributed by atoms with Crippen molar-refractivity contribution in [2.24, 2.45) is 5.73 Å². The van der Waals surface area contributed by atoms with Gasteiger partial charge in [-0.15, -0.1) is 0 Å². The maximum atomic E-state index is 5.78. The normalized spacial score (nSPS) is 22.8. The van der Waals surface area contributed by atoms with Gasteiger partial charge in [-0.25, -0.2) is 0 Å². The number of ether oxygens (including phenoxy) is 1. The van der Waals surface area contributed by atoms with Gasteiger partial charge in [0.2, 0.25) is 0 Å². The highest BCUT2D eigenvalue weighted by atomic mass is 16.5. The molecule has 1 atom stereocenters. The van der Waals surface area contributed by atoms with E-state index >= 15 is 0 Å². The first-order chi connectivity index (χ1) is 5.38. The van der Waals surface area contributed by atoms with Crippen molar-refractivity contribution in [2.75, 3.05) is 6.61 Å². The highest BCUT2D eigenvalue weighted by Crippen LogP contribution is 2.19. The topological polar surface area (TPSA) is 48.1 Å². The Morgan fingerprint density at radius 3 is 3.36 bits per heavy atom. The third-order valence-corrected chi connectivity index (χ3v) is 1.86. The van der Waals surface area contributed by atoms with Gasteiger partial charge in [0.1, 0.15) is 0 Å². The lowest BCUT2D eigenvalue weighted by molar-refractivity contribution is 0.0892. The fourth-order valence-electron chi connectivity index (χ4n) is 1.28. The molecule has 58 valence electrons. The second-order valence-corrected chi connectivity index (χ2v) is 2.66. The van der Waals surface area contributed by atoms with Crippen LogP contribution in [0.5, 0.6) is 0 Å². The average molecular weight is 150 g/mol. The predicted molar refractivity (Wildman–Crippen MR) is 40.8 cm³/mol. The van der Waals surface area contributed by atoms with E-state index in [9.17, 15) is 0 Å². The number of pyridine rings is 1. The zero-order valence-corrected chi connectivity index (χ0v) is 6.16. The third-order valence-electron chi connectivity index (χ3n) is 1.86. The van der Waals surface area contributed by atoms with Gasteiger partial charge in [0.05, 0.1) is 24.9 Å². The number of nitrogens with two attached hydrogens (primary N) is 1. The summed E-state index contributed by atoms with van der Waals surface area (Å²) in [5.41, 5.74) is 7.88. The summed E-state index contributed by atoms with van der Waals surface area (Å²) in [7, 11) is 0. The van der Waals surface area contributed by atoms with Crippen LogP contribution in [0.3, 0.4) is 0 Å². The van der Waals surface area contributed by atoms with Crippen molar-refractivity contribution >= 4 is 0 Å². The van der Waals surface area contributed by atoms with Gasteiger partial charge in [-0.2, -0.15) is 0 Å². The summed E-state index contributed by atoms with van der Waals surface area (Å²) < 4.78 is 5.22. The minimum absolute atomic E-state index is 0.00690. The maximum absolute atomic E-state index is 5.78. The molecule has 1 aliphatic rings. The Kier molecular flexibility index (Phi) is 1.60. The Morgan fingerprint density at radius 1 is 1.64 bits per heavy atom. The number of hydrogen-bond acceptors (Lipinski definition) is 3. The molecule has 0 bridgehead atoms. The van der Waals surface area contributed by atoms with E-state index in [0.717, 1.165) is 11.3 Å². The summed E-state index contributed by atoms with van der Waals surface area (Å²) in [4.78, 5) is 4.16. The SMILES string of the molecule is NC1COCc2ncccc21. The molecule has 11 heavy (non-hydrogen) atoms. The molecule has 2 N–H and O–H groups in total. The number of nitrogens with zero attached hydrogens (tertiary/aromatic N) is 1. The van der Waals surface area contributed by atoms with Crippen LogP contribution in [-0.2, 0) is 11.3 Å². The molecule has 2 heterocycles. The molecule has 0 saturated heterocycles. The van der Waals surface area contributed by atoms with Gasteiger partial charge in [-0.1, -0.05) is 6.07 Å². The molecule has 1 unspecified atom stereocenters. The van der Waals surface area contributed by atoms with Crippen LogP contribution in [0.25, 0.3) is 0 Å². The molecule has 0 saturated carbocycles. The molecule has 0 aliphatic carbocycles. The number of fused-ring (bicyclic) bond motifs is 1. The maximum Gasteiger partial charge on any atom is 0.0892 e. The van der Waals surface area contributed by atoms with Crippen molar-refractivity contribution < 1.29 is 4.74 Å². The molecule has 2 rings (SSSR count). The summed E-state index contributed by atoms with van der Waals surface area (Å²) in [5, 5.41) is 0. The molecule has 3 nitrogen and oxygen atoms in total. The van der Waals surface area contributed by atoms with E-state index in [1.165, 1.54) is 0 Å². The Labute approximate surface area is 65.2 Å². The lowest BCUT2D eigenvalue weighted by Crippen LogP contribution is -2.24. The highest BCUT2D eigenvalue weighted by Gasteiger charge is 2.16. The van der Waals surface area contributed by atoms with E-state index in [0.29, 0.717) is 13.2 Å². The van der Waals surface area contributed by atoms with Gasteiger partial charge in [-0.05, 0) is 11.6 Å². The molecular formula is C8H10N2O. The Bertz CT molecular complexity index is 262. The van der Waals surface area contributed by atoms with Gasteiger partial charge in [0.15, 0.2) is 0 Å². The molecule has 0 fully saturated rings. The molecule has 1 aromatic heterocycles. The largest absolute Gasteiger partial charge is 0.373 e. The molecule has 3 heteroatoms. The second-order valence-electron chi connectivity index (χ2n) is 2.66.